The van der Waals surface area contributed by atoms with Gasteiger partial charge in [0.05, 0.1) is 0 Å². The minimum Gasteiger partial charge on any atom is -0.822 e. The maximum absolute atomic E-state index is 8.55. The van der Waals surface area contributed by atoms with Crippen LogP contribution >= 0.6 is 15.6 Å². The normalized spacial score (nSPS) is 9.83. The van der Waals surface area contributed by atoms with Crippen LogP contribution in [0.2, 0.25) is 0 Å². The van der Waals surface area contributed by atoms with Crippen molar-refractivity contribution in [2.24, 2.45) is 0 Å². The van der Waals surface area contributed by atoms with Crippen molar-refractivity contribution < 1.29 is 79.4 Å². The van der Waals surface area contributed by atoms with Gasteiger partial charge >= 0.3 is 40.9 Å². The zero-order chi connectivity index (χ0) is 9.00. The van der Waals surface area contributed by atoms with E-state index in [0.717, 1.165) is 0 Å². The van der Waals surface area contributed by atoms with Crippen molar-refractivity contribution in [2.75, 3.05) is 0 Å². The van der Waals surface area contributed by atoms with Crippen LogP contribution in [0.5, 0.6) is 0 Å². The van der Waals surface area contributed by atoms with E-state index in [4.69, 9.17) is 38.5 Å². The van der Waals surface area contributed by atoms with E-state index < -0.39 is 15.6 Å². The van der Waals surface area contributed by atoms with E-state index in [9.17, 15) is 0 Å². The van der Waals surface area contributed by atoms with Crippen LogP contribution in [-0.4, -0.2) is 0 Å². The first kappa shape index (κ1) is 23.4. The Morgan fingerprint density at radius 2 is 0.667 bits per heavy atom. The van der Waals surface area contributed by atoms with Gasteiger partial charge in [-0.15, -0.1) is 0 Å². The molecule has 0 saturated carbocycles. The summed E-state index contributed by atoms with van der Waals surface area (Å²) in [7, 11) is -10.8. The molecule has 8 nitrogen and oxygen atoms in total. The maximum atomic E-state index is 8.55. The average Bonchev–Trinajstić information content (AvgIpc) is 1.12. The topological polar surface area (TPSA) is 172 Å². The van der Waals surface area contributed by atoms with Gasteiger partial charge in [0.25, 0.3) is 0 Å². The predicted octanol–water partition coefficient (Wildman–Crippen LogP) is -5.65. The molecule has 0 amide bonds. The SMILES string of the molecule is O=P([O-])([O-])[O-].O=P([O-])([O-])[O-].[Ag+].[V+5]. The third-order valence-corrected chi connectivity index (χ3v) is 0. The fraction of sp³-hybridized carbons (Fsp3) is 0. The molecule has 0 aromatic heterocycles. The molecule has 12 heteroatoms. The molecule has 74 valence electrons. The van der Waals surface area contributed by atoms with Gasteiger partial charge in [0.1, 0.15) is 0 Å². The molecule has 12 heavy (non-hydrogen) atoms. The standard InChI is InChI=1S/Ag.2H3O4P.V/c;2*1-5(2,3)4;/h;2*(H3,1,2,3,4);/q+1;;;+5/p-6. The molecule has 0 fully saturated rings. The Bertz CT molecular complexity index is 129. The van der Waals surface area contributed by atoms with Crippen LogP contribution in [0.3, 0.4) is 0 Å². The van der Waals surface area contributed by atoms with E-state index >= 15 is 0 Å². The molecule has 0 aliphatic heterocycles. The van der Waals surface area contributed by atoms with Crippen LogP contribution in [0.25, 0.3) is 0 Å². The van der Waals surface area contributed by atoms with Crippen molar-refractivity contribution >= 4 is 15.6 Å². The molecule has 0 bridgehead atoms. The van der Waals surface area contributed by atoms with Crippen molar-refractivity contribution in [1.29, 1.82) is 0 Å². The van der Waals surface area contributed by atoms with Gasteiger partial charge in [0.15, 0.2) is 0 Å². The molecule has 0 unspecified atom stereocenters. The Kier molecular flexibility index (Phi) is 17.8. The van der Waals surface area contributed by atoms with Gasteiger partial charge in [0, 0.05) is 0 Å². The second-order valence-corrected chi connectivity index (χ2v) is 2.68. The van der Waals surface area contributed by atoms with Crippen molar-refractivity contribution in [3.8, 4) is 0 Å². The summed E-state index contributed by atoms with van der Waals surface area (Å²) in [4.78, 5) is 51.3. The van der Waals surface area contributed by atoms with Gasteiger partial charge in [-0.25, -0.2) is 0 Å². The van der Waals surface area contributed by atoms with Crippen LogP contribution in [0.1, 0.15) is 0 Å². The van der Waals surface area contributed by atoms with Crippen molar-refractivity contribution in [1.82, 2.24) is 0 Å². The molecule has 0 rings (SSSR count). The quantitative estimate of drug-likeness (QED) is 0.307. The minimum absolute atomic E-state index is 0. The molecule has 0 aliphatic carbocycles. The van der Waals surface area contributed by atoms with Crippen LogP contribution in [0.4, 0.5) is 0 Å². The first-order valence-corrected chi connectivity index (χ1v) is 4.38. The first-order chi connectivity index (χ1) is 4.00. The van der Waals surface area contributed by atoms with Crippen LogP contribution in [0.15, 0.2) is 0 Å². The summed E-state index contributed by atoms with van der Waals surface area (Å²) in [6.07, 6.45) is 0. The van der Waals surface area contributed by atoms with E-state index in [-0.39, 0.29) is 40.9 Å². The van der Waals surface area contributed by atoms with Gasteiger partial charge in [-0.2, -0.15) is 15.6 Å². The summed E-state index contributed by atoms with van der Waals surface area (Å²) in [5.74, 6) is 0. The molecule has 0 spiro atoms. The Hall–Kier alpha value is 1.54. The third-order valence-electron chi connectivity index (χ3n) is 0. The predicted molar refractivity (Wildman–Crippen MR) is 15.2 cm³/mol. The Morgan fingerprint density at radius 3 is 0.667 bits per heavy atom. The molecule has 0 aliphatic rings. The minimum atomic E-state index is -5.39. The molecular weight excluding hydrogens is 349 g/mol. The molecule has 0 aromatic rings. The number of hydrogen-bond donors (Lipinski definition) is 0. The summed E-state index contributed by atoms with van der Waals surface area (Å²) in [5.41, 5.74) is 0. The first-order valence-electron chi connectivity index (χ1n) is 1.46. The van der Waals surface area contributed by atoms with E-state index in [2.05, 4.69) is 0 Å². The van der Waals surface area contributed by atoms with Gasteiger partial charge in [0.2, 0.25) is 0 Å². The second kappa shape index (κ2) is 9.11. The van der Waals surface area contributed by atoms with Crippen LogP contribution in [0, 0.1) is 0 Å². The summed E-state index contributed by atoms with van der Waals surface area (Å²) < 4.78 is 17.1. The number of hydrogen-bond acceptors (Lipinski definition) is 8. The largest absolute Gasteiger partial charge is 5.00 e. The van der Waals surface area contributed by atoms with Crippen molar-refractivity contribution in [3.05, 3.63) is 0 Å². The Labute approximate surface area is 94.9 Å². The molecule has 0 aromatic carbocycles. The monoisotopic (exact) mass is 348 g/mol. The summed E-state index contributed by atoms with van der Waals surface area (Å²) in [6.45, 7) is 0. The van der Waals surface area contributed by atoms with E-state index in [0.29, 0.717) is 0 Å². The van der Waals surface area contributed by atoms with Gasteiger partial charge < -0.3 is 38.5 Å². The molecular formula is AgO8P2V. The van der Waals surface area contributed by atoms with Crippen LogP contribution < -0.4 is 29.4 Å². The number of rotatable bonds is 0. The summed E-state index contributed by atoms with van der Waals surface area (Å²) in [6, 6.07) is 0. The number of phosphoric acid groups is 2. The molecule has 0 atom stereocenters. The molecule has 0 heterocycles. The maximum Gasteiger partial charge on any atom is 5.00 e. The molecule has 0 N–H and O–H groups in total. The molecule has 0 saturated heterocycles. The molecule has 0 radical (unpaired) electrons. The second-order valence-electron chi connectivity index (χ2n) is 0.894. The fourth-order valence-electron chi connectivity index (χ4n) is 0. The van der Waals surface area contributed by atoms with Crippen molar-refractivity contribution in [3.63, 3.8) is 0 Å². The zero-order valence-electron chi connectivity index (χ0n) is 4.91. The van der Waals surface area contributed by atoms with Gasteiger partial charge in [-0.05, 0) is 0 Å². The third kappa shape index (κ3) is 538. The van der Waals surface area contributed by atoms with E-state index in [1.54, 1.807) is 0 Å². The van der Waals surface area contributed by atoms with Gasteiger partial charge in [-0.1, -0.05) is 0 Å². The van der Waals surface area contributed by atoms with E-state index in [1.807, 2.05) is 0 Å². The van der Waals surface area contributed by atoms with E-state index in [1.165, 1.54) is 0 Å². The van der Waals surface area contributed by atoms with Gasteiger partial charge in [-0.3, -0.25) is 0 Å². The average molecular weight is 349 g/mol. The summed E-state index contributed by atoms with van der Waals surface area (Å²) in [5, 5.41) is 0. The fourth-order valence-corrected chi connectivity index (χ4v) is 0. The summed E-state index contributed by atoms with van der Waals surface area (Å²) >= 11 is 0. The van der Waals surface area contributed by atoms with Crippen molar-refractivity contribution in [2.45, 2.75) is 0 Å². The smallest absolute Gasteiger partial charge is 0.822 e. The van der Waals surface area contributed by atoms with Crippen LogP contribution in [-0.2, 0) is 50.1 Å². The Balaban J connectivity index is -0.0000000457. The Morgan fingerprint density at radius 1 is 0.667 bits per heavy atom. The zero-order valence-corrected chi connectivity index (χ0v) is 9.58.